The van der Waals surface area contributed by atoms with Crippen LogP contribution in [0.2, 0.25) is 0 Å². The van der Waals surface area contributed by atoms with Crippen molar-refractivity contribution in [3.63, 3.8) is 0 Å². The summed E-state index contributed by atoms with van der Waals surface area (Å²) in [6.45, 7) is 5.64. The van der Waals surface area contributed by atoms with Crippen molar-refractivity contribution in [2.45, 2.75) is 39.2 Å². The number of hydrogen-bond donors (Lipinski definition) is 0. The first-order valence-electron chi connectivity index (χ1n) is 7.42. The Morgan fingerprint density at radius 2 is 2.10 bits per heavy atom. The fraction of sp³-hybridized carbons (Fsp3) is 0.471. The monoisotopic (exact) mass is 273 g/mol. The molecule has 3 heteroatoms. The summed E-state index contributed by atoms with van der Waals surface area (Å²) in [7, 11) is 0. The van der Waals surface area contributed by atoms with Crippen LogP contribution in [0.3, 0.4) is 0 Å². The van der Waals surface area contributed by atoms with Gasteiger partial charge in [-0.3, -0.25) is 4.79 Å². The van der Waals surface area contributed by atoms with Gasteiger partial charge in [0.25, 0.3) is 0 Å². The molecule has 0 radical (unpaired) electrons. The number of nitrogens with zero attached hydrogens (tertiary/aromatic N) is 1. The smallest absolute Gasteiger partial charge is 0.246 e. The number of benzene rings is 1. The van der Waals surface area contributed by atoms with Crippen LogP contribution < -0.4 is 4.74 Å². The number of amides is 1. The highest BCUT2D eigenvalue weighted by atomic mass is 16.5. The van der Waals surface area contributed by atoms with Crippen molar-refractivity contribution >= 4 is 12.0 Å². The number of piperidine rings is 1. The molecule has 0 aliphatic carbocycles. The molecule has 1 fully saturated rings. The molecule has 1 aromatic rings. The highest BCUT2D eigenvalue weighted by Gasteiger charge is 2.20. The maximum Gasteiger partial charge on any atom is 0.246 e. The van der Waals surface area contributed by atoms with Crippen LogP contribution in [-0.2, 0) is 4.79 Å². The molecule has 1 saturated heterocycles. The summed E-state index contributed by atoms with van der Waals surface area (Å²) < 4.78 is 5.40. The Balaban J connectivity index is 1.95. The molecule has 108 valence electrons. The van der Waals surface area contributed by atoms with E-state index in [9.17, 15) is 4.79 Å². The minimum Gasteiger partial charge on any atom is -0.494 e. The average molecular weight is 273 g/mol. The summed E-state index contributed by atoms with van der Waals surface area (Å²) in [5.74, 6) is 0.978. The van der Waals surface area contributed by atoms with E-state index >= 15 is 0 Å². The first kappa shape index (κ1) is 14.6. The lowest BCUT2D eigenvalue weighted by Gasteiger charge is -2.32. The molecular formula is C17H23NO2. The third-order valence-electron chi connectivity index (χ3n) is 3.70. The third-order valence-corrected chi connectivity index (χ3v) is 3.70. The highest BCUT2D eigenvalue weighted by molar-refractivity contribution is 5.92. The maximum absolute atomic E-state index is 12.2. The fourth-order valence-electron chi connectivity index (χ4n) is 2.53. The van der Waals surface area contributed by atoms with Gasteiger partial charge in [-0.1, -0.05) is 12.1 Å². The van der Waals surface area contributed by atoms with E-state index in [0.717, 1.165) is 30.7 Å². The van der Waals surface area contributed by atoms with Crippen LogP contribution in [0.15, 0.2) is 30.3 Å². The van der Waals surface area contributed by atoms with E-state index < -0.39 is 0 Å². The standard InChI is InChI=1S/C17H23NO2/c1-3-20-16-10-7-15(8-11-16)9-12-17(19)18-13-5-4-6-14(18)2/h7-12,14H,3-6,13H2,1-2H3/b12-9+. The van der Waals surface area contributed by atoms with Crippen molar-refractivity contribution in [2.24, 2.45) is 0 Å². The predicted octanol–water partition coefficient (Wildman–Crippen LogP) is 3.50. The van der Waals surface area contributed by atoms with Gasteiger partial charge < -0.3 is 9.64 Å². The lowest BCUT2D eigenvalue weighted by Crippen LogP contribution is -2.41. The highest BCUT2D eigenvalue weighted by Crippen LogP contribution is 2.17. The molecule has 0 N–H and O–H groups in total. The molecule has 1 aliphatic heterocycles. The summed E-state index contributed by atoms with van der Waals surface area (Å²) in [6, 6.07) is 8.15. The largest absolute Gasteiger partial charge is 0.494 e. The van der Waals surface area contributed by atoms with E-state index in [4.69, 9.17) is 4.74 Å². The second-order valence-corrected chi connectivity index (χ2v) is 5.21. The Morgan fingerprint density at radius 1 is 1.35 bits per heavy atom. The Kier molecular flexibility index (Phi) is 5.22. The van der Waals surface area contributed by atoms with Gasteiger partial charge in [0.1, 0.15) is 5.75 Å². The molecule has 1 aromatic carbocycles. The number of rotatable bonds is 4. The fourth-order valence-corrected chi connectivity index (χ4v) is 2.53. The first-order valence-corrected chi connectivity index (χ1v) is 7.42. The molecule has 1 unspecified atom stereocenters. The van der Waals surface area contributed by atoms with Crippen LogP contribution in [-0.4, -0.2) is 30.0 Å². The zero-order valence-electron chi connectivity index (χ0n) is 12.3. The van der Waals surface area contributed by atoms with Gasteiger partial charge in [0.05, 0.1) is 6.61 Å². The van der Waals surface area contributed by atoms with Crippen molar-refractivity contribution in [3.8, 4) is 5.75 Å². The van der Waals surface area contributed by atoms with Gasteiger partial charge in [0, 0.05) is 18.7 Å². The van der Waals surface area contributed by atoms with Crippen molar-refractivity contribution in [3.05, 3.63) is 35.9 Å². The summed E-state index contributed by atoms with van der Waals surface area (Å²) >= 11 is 0. The summed E-state index contributed by atoms with van der Waals surface area (Å²) in [6.07, 6.45) is 7.01. The summed E-state index contributed by atoms with van der Waals surface area (Å²) in [5, 5.41) is 0. The molecule has 1 heterocycles. The molecular weight excluding hydrogens is 250 g/mol. The summed E-state index contributed by atoms with van der Waals surface area (Å²) in [4.78, 5) is 14.1. The number of ether oxygens (including phenoxy) is 1. The van der Waals surface area contributed by atoms with Crippen LogP contribution in [0.5, 0.6) is 5.75 Å². The lowest BCUT2D eigenvalue weighted by atomic mass is 10.0. The second kappa shape index (κ2) is 7.13. The number of carbonyl (C=O) groups excluding carboxylic acids is 1. The molecule has 0 saturated carbocycles. The first-order chi connectivity index (χ1) is 9.70. The van der Waals surface area contributed by atoms with E-state index in [2.05, 4.69) is 6.92 Å². The van der Waals surface area contributed by atoms with Gasteiger partial charge >= 0.3 is 0 Å². The molecule has 0 aromatic heterocycles. The summed E-state index contributed by atoms with van der Waals surface area (Å²) in [5.41, 5.74) is 1.02. The van der Waals surface area contributed by atoms with E-state index in [0.29, 0.717) is 12.6 Å². The number of carbonyl (C=O) groups is 1. The van der Waals surface area contributed by atoms with Gasteiger partial charge in [0.2, 0.25) is 5.91 Å². The van der Waals surface area contributed by atoms with Gasteiger partial charge in [-0.05, 0) is 56.9 Å². The van der Waals surface area contributed by atoms with E-state index in [1.807, 2.05) is 42.2 Å². The third kappa shape index (κ3) is 3.86. The molecule has 0 spiro atoms. The minimum atomic E-state index is 0.117. The van der Waals surface area contributed by atoms with Crippen molar-refractivity contribution < 1.29 is 9.53 Å². The van der Waals surface area contributed by atoms with Gasteiger partial charge in [-0.25, -0.2) is 0 Å². The quantitative estimate of drug-likeness (QED) is 0.786. The van der Waals surface area contributed by atoms with Crippen LogP contribution in [0.25, 0.3) is 6.08 Å². The van der Waals surface area contributed by atoms with Crippen LogP contribution in [0.4, 0.5) is 0 Å². The van der Waals surface area contributed by atoms with Crippen molar-refractivity contribution in [1.29, 1.82) is 0 Å². The van der Waals surface area contributed by atoms with Crippen LogP contribution in [0.1, 0.15) is 38.7 Å². The zero-order valence-corrected chi connectivity index (χ0v) is 12.3. The van der Waals surface area contributed by atoms with Crippen LogP contribution in [0, 0.1) is 0 Å². The molecule has 1 atom stereocenters. The van der Waals surface area contributed by atoms with Crippen molar-refractivity contribution in [2.75, 3.05) is 13.2 Å². The molecule has 0 bridgehead atoms. The van der Waals surface area contributed by atoms with E-state index in [1.54, 1.807) is 6.08 Å². The van der Waals surface area contributed by atoms with Gasteiger partial charge in [0.15, 0.2) is 0 Å². The average Bonchev–Trinajstić information content (AvgIpc) is 2.47. The molecule has 1 aliphatic rings. The lowest BCUT2D eigenvalue weighted by molar-refractivity contribution is -0.129. The van der Waals surface area contributed by atoms with E-state index in [1.165, 1.54) is 6.42 Å². The SMILES string of the molecule is CCOc1ccc(/C=C/C(=O)N2CCCCC2C)cc1. The Labute approximate surface area is 121 Å². The Bertz CT molecular complexity index is 464. The van der Waals surface area contributed by atoms with Crippen LogP contribution >= 0.6 is 0 Å². The Morgan fingerprint density at radius 3 is 2.75 bits per heavy atom. The Hall–Kier alpha value is -1.77. The molecule has 1 amide bonds. The van der Waals surface area contributed by atoms with Crippen molar-refractivity contribution in [1.82, 2.24) is 4.90 Å². The van der Waals surface area contributed by atoms with Gasteiger partial charge in [-0.15, -0.1) is 0 Å². The number of likely N-dealkylation sites (tertiary alicyclic amines) is 1. The topological polar surface area (TPSA) is 29.5 Å². The second-order valence-electron chi connectivity index (χ2n) is 5.21. The predicted molar refractivity (Wildman–Crippen MR) is 81.7 cm³/mol. The number of hydrogen-bond acceptors (Lipinski definition) is 2. The normalized spacial score (nSPS) is 19.3. The maximum atomic E-state index is 12.2. The van der Waals surface area contributed by atoms with E-state index in [-0.39, 0.29) is 5.91 Å². The van der Waals surface area contributed by atoms with Gasteiger partial charge in [-0.2, -0.15) is 0 Å². The molecule has 3 nitrogen and oxygen atoms in total. The molecule has 20 heavy (non-hydrogen) atoms. The minimum absolute atomic E-state index is 0.117. The zero-order chi connectivity index (χ0) is 14.4. The molecule has 2 rings (SSSR count).